The molecule has 0 fully saturated rings. The molecule has 9 aromatic rings. The predicted molar refractivity (Wildman–Crippen MR) is 244 cm³/mol. The average molecular weight is 757 g/mol. The molecule has 0 bridgehead atoms. The Bertz CT molecular complexity index is 2650. The van der Waals surface area contributed by atoms with Gasteiger partial charge in [0.15, 0.2) is 0 Å². The summed E-state index contributed by atoms with van der Waals surface area (Å²) in [5.74, 6) is 3.38. The van der Waals surface area contributed by atoms with Gasteiger partial charge in [-0.1, -0.05) is 133 Å². The highest BCUT2D eigenvalue weighted by molar-refractivity contribution is 6.98. The van der Waals surface area contributed by atoms with Crippen molar-refractivity contribution in [3.63, 3.8) is 0 Å². The van der Waals surface area contributed by atoms with Crippen LogP contribution < -0.4 is 35.7 Å². The zero-order chi connectivity index (χ0) is 39.1. The SMILES string of the molecule is c1ccc(N(c2ccccc2)c2ccc(-c3cc(-c4ccc(N(c5ccccc5)c5ccccc5)cc4)c4c5c3Oc3ccccc3B5c3ccccc3O4)cc2)cc1. The molecule has 0 saturated carbocycles. The van der Waals surface area contributed by atoms with E-state index < -0.39 is 0 Å². The molecule has 9 aromatic carbocycles. The first-order valence-corrected chi connectivity index (χ1v) is 20.0. The van der Waals surface area contributed by atoms with E-state index in [1.54, 1.807) is 0 Å². The molecule has 2 aliphatic heterocycles. The van der Waals surface area contributed by atoms with E-state index in [4.69, 9.17) is 9.47 Å². The lowest BCUT2D eigenvalue weighted by molar-refractivity contribution is 0.467. The van der Waals surface area contributed by atoms with Crippen molar-refractivity contribution < 1.29 is 9.47 Å². The Labute approximate surface area is 344 Å². The van der Waals surface area contributed by atoms with Crippen LogP contribution in [0.1, 0.15) is 0 Å². The smallest absolute Gasteiger partial charge is 0.260 e. The van der Waals surface area contributed by atoms with Crippen LogP contribution in [0.15, 0.2) is 224 Å². The number of benzene rings is 9. The van der Waals surface area contributed by atoms with Crippen molar-refractivity contribution in [2.75, 3.05) is 9.80 Å². The highest BCUT2D eigenvalue weighted by atomic mass is 16.5. The molecule has 278 valence electrons. The molecular weight excluding hydrogens is 719 g/mol. The van der Waals surface area contributed by atoms with Crippen molar-refractivity contribution in [3.05, 3.63) is 224 Å². The monoisotopic (exact) mass is 756 g/mol. The van der Waals surface area contributed by atoms with Crippen LogP contribution in [-0.4, -0.2) is 6.71 Å². The highest BCUT2D eigenvalue weighted by Gasteiger charge is 2.42. The molecule has 0 saturated heterocycles. The van der Waals surface area contributed by atoms with Crippen LogP contribution in [0.3, 0.4) is 0 Å². The topological polar surface area (TPSA) is 24.9 Å². The van der Waals surface area contributed by atoms with Crippen LogP contribution in [0.25, 0.3) is 22.3 Å². The molecule has 0 aliphatic carbocycles. The number of ether oxygens (including phenoxy) is 2. The number of fused-ring (bicyclic) bond motifs is 4. The first-order chi connectivity index (χ1) is 29.3. The zero-order valence-corrected chi connectivity index (χ0v) is 32.2. The number of nitrogens with zero attached hydrogens (tertiary/aromatic N) is 2. The van der Waals surface area contributed by atoms with Gasteiger partial charge in [0, 0.05) is 50.7 Å². The van der Waals surface area contributed by atoms with Crippen molar-refractivity contribution in [1.29, 1.82) is 0 Å². The Morgan fingerprint density at radius 3 is 0.966 bits per heavy atom. The summed E-state index contributed by atoms with van der Waals surface area (Å²) in [5, 5.41) is 0. The van der Waals surface area contributed by atoms with Gasteiger partial charge in [0.2, 0.25) is 0 Å². The molecular formula is C54H37BN2O2. The summed E-state index contributed by atoms with van der Waals surface area (Å²) in [5.41, 5.74) is 14.0. The molecule has 0 N–H and O–H groups in total. The minimum atomic E-state index is -0.0644. The van der Waals surface area contributed by atoms with Crippen LogP contribution in [0, 0.1) is 0 Å². The second-order valence-corrected chi connectivity index (χ2v) is 14.9. The minimum absolute atomic E-state index is 0.0644. The lowest BCUT2D eigenvalue weighted by atomic mass is 9.34. The standard InChI is InChI=1S/C54H37BN2O2/c1-5-17-40(18-6-1)56(41-19-7-2-8-20-41)44-33-29-38(30-34-44)46-37-47(39-31-35-45(36-32-39)57(42-21-9-3-10-22-42)43-23-11-4-12-24-43)54-52-53(46)58-50-27-15-13-25-48(50)55(52)49-26-14-16-28-51(49)59-54/h1-37H. The van der Waals surface area contributed by atoms with Gasteiger partial charge in [-0.3, -0.25) is 0 Å². The maximum absolute atomic E-state index is 6.98. The van der Waals surface area contributed by atoms with E-state index in [0.717, 1.165) is 95.8 Å². The second kappa shape index (κ2) is 14.6. The maximum atomic E-state index is 6.98. The molecule has 2 aliphatic rings. The summed E-state index contributed by atoms with van der Waals surface area (Å²) in [6, 6.07) is 78.8. The largest absolute Gasteiger partial charge is 0.458 e. The summed E-state index contributed by atoms with van der Waals surface area (Å²) < 4.78 is 14.0. The molecule has 0 atom stereocenters. The quantitative estimate of drug-likeness (QED) is 0.144. The van der Waals surface area contributed by atoms with Gasteiger partial charge in [-0.25, -0.2) is 0 Å². The van der Waals surface area contributed by atoms with Gasteiger partial charge in [-0.2, -0.15) is 0 Å². The number of hydrogen-bond donors (Lipinski definition) is 0. The Morgan fingerprint density at radius 1 is 0.305 bits per heavy atom. The van der Waals surface area contributed by atoms with E-state index >= 15 is 0 Å². The summed E-state index contributed by atoms with van der Waals surface area (Å²) >= 11 is 0. The van der Waals surface area contributed by atoms with Crippen LogP contribution >= 0.6 is 0 Å². The summed E-state index contributed by atoms with van der Waals surface area (Å²) in [4.78, 5) is 4.57. The second-order valence-electron chi connectivity index (χ2n) is 14.9. The number of anilines is 6. The fourth-order valence-corrected chi connectivity index (χ4v) is 8.68. The number of hydrogen-bond acceptors (Lipinski definition) is 4. The number of para-hydroxylation sites is 6. The van der Waals surface area contributed by atoms with Crippen molar-refractivity contribution in [2.45, 2.75) is 0 Å². The molecule has 0 radical (unpaired) electrons. The van der Waals surface area contributed by atoms with Crippen LogP contribution in [-0.2, 0) is 0 Å². The van der Waals surface area contributed by atoms with Gasteiger partial charge in [0.1, 0.15) is 23.0 Å². The molecule has 11 rings (SSSR count). The van der Waals surface area contributed by atoms with Crippen molar-refractivity contribution in [1.82, 2.24) is 0 Å². The fraction of sp³-hybridized carbons (Fsp3) is 0. The summed E-state index contributed by atoms with van der Waals surface area (Å²) in [6.45, 7) is -0.0644. The van der Waals surface area contributed by atoms with Crippen LogP contribution in [0.5, 0.6) is 23.0 Å². The third-order valence-electron chi connectivity index (χ3n) is 11.4. The third-order valence-corrected chi connectivity index (χ3v) is 11.4. The van der Waals surface area contributed by atoms with E-state index in [2.05, 4.69) is 234 Å². The van der Waals surface area contributed by atoms with Crippen molar-refractivity contribution in [2.24, 2.45) is 0 Å². The Morgan fingerprint density at radius 2 is 0.610 bits per heavy atom. The van der Waals surface area contributed by atoms with Crippen molar-refractivity contribution in [3.8, 4) is 45.3 Å². The highest BCUT2D eigenvalue weighted by Crippen LogP contribution is 2.47. The van der Waals surface area contributed by atoms with E-state index in [0.29, 0.717) is 0 Å². The molecule has 4 nitrogen and oxygen atoms in total. The summed E-state index contributed by atoms with van der Waals surface area (Å²) in [6.07, 6.45) is 0. The molecule has 59 heavy (non-hydrogen) atoms. The van der Waals surface area contributed by atoms with E-state index in [1.165, 1.54) is 0 Å². The van der Waals surface area contributed by atoms with E-state index in [-0.39, 0.29) is 6.71 Å². The van der Waals surface area contributed by atoms with Gasteiger partial charge in [0.25, 0.3) is 6.71 Å². The van der Waals surface area contributed by atoms with Crippen molar-refractivity contribution >= 4 is 57.2 Å². The average Bonchev–Trinajstić information content (AvgIpc) is 3.31. The van der Waals surface area contributed by atoms with Crippen LogP contribution in [0.4, 0.5) is 34.1 Å². The van der Waals surface area contributed by atoms with Gasteiger partial charge in [-0.15, -0.1) is 0 Å². The third kappa shape index (κ3) is 6.12. The molecule has 0 unspecified atom stereocenters. The Balaban J connectivity index is 1.08. The van der Waals surface area contributed by atoms with Gasteiger partial charge >= 0.3 is 0 Å². The zero-order valence-electron chi connectivity index (χ0n) is 32.2. The molecule has 5 heteroatoms. The van der Waals surface area contributed by atoms with Crippen LogP contribution in [0.2, 0.25) is 0 Å². The molecule has 0 spiro atoms. The predicted octanol–water partition coefficient (Wildman–Crippen LogP) is 12.7. The first kappa shape index (κ1) is 34.5. The summed E-state index contributed by atoms with van der Waals surface area (Å²) in [7, 11) is 0. The Hall–Kier alpha value is -7.76. The molecule has 0 amide bonds. The van der Waals surface area contributed by atoms with E-state index in [1.807, 2.05) is 0 Å². The maximum Gasteiger partial charge on any atom is 0.260 e. The molecule has 0 aromatic heterocycles. The Kier molecular flexibility index (Phi) is 8.56. The van der Waals surface area contributed by atoms with Gasteiger partial charge < -0.3 is 19.3 Å². The number of rotatable bonds is 8. The lowest BCUT2D eigenvalue weighted by Gasteiger charge is -2.35. The van der Waals surface area contributed by atoms with Gasteiger partial charge in [-0.05, 0) is 113 Å². The first-order valence-electron chi connectivity index (χ1n) is 20.0. The fourth-order valence-electron chi connectivity index (χ4n) is 8.68. The van der Waals surface area contributed by atoms with Gasteiger partial charge in [0.05, 0.1) is 0 Å². The normalized spacial score (nSPS) is 12.0. The molecule has 2 heterocycles. The van der Waals surface area contributed by atoms with E-state index in [9.17, 15) is 0 Å². The minimum Gasteiger partial charge on any atom is -0.458 e. The lowest BCUT2D eigenvalue weighted by Crippen LogP contribution is -2.57.